The van der Waals surface area contributed by atoms with Gasteiger partial charge in [0.2, 0.25) is 0 Å². The van der Waals surface area contributed by atoms with Crippen LogP contribution in [-0.2, 0) is 13.0 Å². The Balaban J connectivity index is 1.56. The molecular formula is C21H35N5. The van der Waals surface area contributed by atoms with Crippen molar-refractivity contribution >= 4 is 11.6 Å². The fourth-order valence-electron chi connectivity index (χ4n) is 4.12. The van der Waals surface area contributed by atoms with Crippen LogP contribution in [0.4, 0.5) is 5.69 Å². The fraction of sp³-hybridized carbons (Fsp3) is 0.667. The number of hydrogen-bond acceptors (Lipinski definition) is 3. The van der Waals surface area contributed by atoms with Crippen LogP contribution in [0.5, 0.6) is 0 Å². The molecule has 2 aliphatic heterocycles. The first-order chi connectivity index (χ1) is 12.5. The van der Waals surface area contributed by atoms with E-state index in [-0.39, 0.29) is 0 Å². The normalized spacial score (nSPS) is 24.1. The Morgan fingerprint density at radius 1 is 1.31 bits per heavy atom. The third kappa shape index (κ3) is 4.32. The summed E-state index contributed by atoms with van der Waals surface area (Å²) in [5.74, 6) is 1.54. The van der Waals surface area contributed by atoms with Gasteiger partial charge in [0.15, 0.2) is 5.96 Å². The summed E-state index contributed by atoms with van der Waals surface area (Å²) >= 11 is 0. The van der Waals surface area contributed by atoms with Crippen molar-refractivity contribution < 1.29 is 0 Å². The van der Waals surface area contributed by atoms with Crippen LogP contribution in [0, 0.1) is 5.92 Å². The molecule has 2 atom stereocenters. The number of nitrogens with zero attached hydrogens (tertiary/aromatic N) is 3. The lowest BCUT2D eigenvalue weighted by atomic mass is 9.99. The van der Waals surface area contributed by atoms with E-state index in [0.717, 1.165) is 32.1 Å². The van der Waals surface area contributed by atoms with Gasteiger partial charge >= 0.3 is 0 Å². The Morgan fingerprint density at radius 2 is 2.12 bits per heavy atom. The Bertz CT molecular complexity index is 639. The molecule has 2 N–H and O–H groups in total. The summed E-state index contributed by atoms with van der Waals surface area (Å²) in [4.78, 5) is 9.34. The first kappa shape index (κ1) is 19.0. The maximum Gasteiger partial charge on any atom is 0.191 e. The van der Waals surface area contributed by atoms with Gasteiger partial charge in [0, 0.05) is 58.0 Å². The van der Waals surface area contributed by atoms with E-state index in [0.29, 0.717) is 18.0 Å². The minimum absolute atomic E-state index is 0.459. The van der Waals surface area contributed by atoms with Crippen LogP contribution in [-0.4, -0.2) is 56.7 Å². The number of benzene rings is 1. The molecule has 0 saturated carbocycles. The number of anilines is 1. The smallest absolute Gasteiger partial charge is 0.191 e. The summed E-state index contributed by atoms with van der Waals surface area (Å²) in [5.41, 5.74) is 4.18. The average molecular weight is 358 g/mol. The van der Waals surface area contributed by atoms with Gasteiger partial charge in [-0.25, -0.2) is 0 Å². The highest BCUT2D eigenvalue weighted by molar-refractivity contribution is 5.80. The lowest BCUT2D eigenvalue weighted by Gasteiger charge is -2.28. The molecule has 2 unspecified atom stereocenters. The summed E-state index contributed by atoms with van der Waals surface area (Å²) in [6.45, 7) is 11.1. The molecule has 1 aromatic carbocycles. The monoisotopic (exact) mass is 357 g/mol. The second kappa shape index (κ2) is 8.30. The van der Waals surface area contributed by atoms with Gasteiger partial charge in [-0.1, -0.05) is 19.1 Å². The number of fused-ring (bicyclic) bond motifs is 1. The highest BCUT2D eigenvalue weighted by atomic mass is 15.3. The van der Waals surface area contributed by atoms with Crippen LogP contribution in [0.25, 0.3) is 0 Å². The van der Waals surface area contributed by atoms with Crippen molar-refractivity contribution in [1.82, 2.24) is 15.5 Å². The summed E-state index contributed by atoms with van der Waals surface area (Å²) in [7, 11) is 4.04. The van der Waals surface area contributed by atoms with E-state index >= 15 is 0 Å². The molecule has 1 aromatic rings. The maximum absolute atomic E-state index is 4.44. The molecule has 0 aliphatic carbocycles. The predicted octanol–water partition coefficient (Wildman–Crippen LogP) is 2.46. The van der Waals surface area contributed by atoms with Crippen LogP contribution in [0.15, 0.2) is 23.2 Å². The first-order valence-electron chi connectivity index (χ1n) is 10.0. The van der Waals surface area contributed by atoms with Gasteiger partial charge in [0.25, 0.3) is 0 Å². The van der Waals surface area contributed by atoms with Gasteiger partial charge < -0.3 is 15.5 Å². The van der Waals surface area contributed by atoms with Crippen LogP contribution < -0.4 is 15.5 Å². The molecule has 0 bridgehead atoms. The van der Waals surface area contributed by atoms with Crippen molar-refractivity contribution in [3.63, 3.8) is 0 Å². The van der Waals surface area contributed by atoms with Crippen molar-refractivity contribution in [3.05, 3.63) is 29.3 Å². The molecule has 26 heavy (non-hydrogen) atoms. The maximum atomic E-state index is 4.44. The van der Waals surface area contributed by atoms with E-state index in [1.165, 1.54) is 29.7 Å². The van der Waals surface area contributed by atoms with Gasteiger partial charge in [-0.15, -0.1) is 0 Å². The third-order valence-corrected chi connectivity index (χ3v) is 5.87. The predicted molar refractivity (Wildman–Crippen MR) is 111 cm³/mol. The summed E-state index contributed by atoms with van der Waals surface area (Å²) in [5, 5.41) is 7.13. The standard InChI is InChI=1S/C21H35N5/c1-15(2)26-13-16(3)19(14-26)24-21(22-4)23-12-17-8-9-20-18(11-17)7-6-10-25(20)5/h8-9,11,15-16,19H,6-7,10,12-14H2,1-5H3,(H2,22,23,24). The third-order valence-electron chi connectivity index (χ3n) is 5.87. The lowest BCUT2D eigenvalue weighted by molar-refractivity contribution is 0.265. The molecule has 2 heterocycles. The minimum Gasteiger partial charge on any atom is -0.374 e. The van der Waals surface area contributed by atoms with Gasteiger partial charge in [0.1, 0.15) is 0 Å². The molecule has 1 saturated heterocycles. The van der Waals surface area contributed by atoms with E-state index in [1.54, 1.807) is 0 Å². The van der Waals surface area contributed by atoms with Crippen molar-refractivity contribution in [2.24, 2.45) is 10.9 Å². The average Bonchev–Trinajstić information content (AvgIpc) is 2.99. The number of guanidine groups is 1. The van der Waals surface area contributed by atoms with Crippen molar-refractivity contribution in [2.45, 2.75) is 52.2 Å². The highest BCUT2D eigenvalue weighted by Gasteiger charge is 2.31. The van der Waals surface area contributed by atoms with E-state index in [1.807, 2.05) is 7.05 Å². The zero-order valence-corrected chi connectivity index (χ0v) is 17.0. The number of hydrogen-bond donors (Lipinski definition) is 2. The van der Waals surface area contributed by atoms with Crippen molar-refractivity contribution in [1.29, 1.82) is 0 Å². The second-order valence-electron chi connectivity index (χ2n) is 8.19. The fourth-order valence-corrected chi connectivity index (χ4v) is 4.12. The van der Waals surface area contributed by atoms with Gasteiger partial charge in [0.05, 0.1) is 0 Å². The Kier molecular flexibility index (Phi) is 6.07. The molecule has 5 heteroatoms. The number of rotatable bonds is 4. The molecule has 0 spiro atoms. The molecule has 5 nitrogen and oxygen atoms in total. The summed E-state index contributed by atoms with van der Waals surface area (Å²) < 4.78 is 0. The van der Waals surface area contributed by atoms with Crippen molar-refractivity contribution in [2.75, 3.05) is 38.6 Å². The van der Waals surface area contributed by atoms with Crippen molar-refractivity contribution in [3.8, 4) is 0 Å². The van der Waals surface area contributed by atoms with Crippen LogP contribution in [0.1, 0.15) is 38.3 Å². The number of aliphatic imine (C=N–C) groups is 1. The van der Waals surface area contributed by atoms with E-state index in [4.69, 9.17) is 0 Å². The second-order valence-corrected chi connectivity index (χ2v) is 8.19. The first-order valence-corrected chi connectivity index (χ1v) is 10.0. The minimum atomic E-state index is 0.459. The van der Waals surface area contributed by atoms with Crippen LogP contribution in [0.3, 0.4) is 0 Å². The zero-order chi connectivity index (χ0) is 18.7. The number of nitrogens with one attached hydrogen (secondary N) is 2. The Hall–Kier alpha value is -1.75. The SMILES string of the molecule is CN=C(NCc1ccc2c(c1)CCCN2C)NC1CN(C(C)C)CC1C. The largest absolute Gasteiger partial charge is 0.374 e. The molecular weight excluding hydrogens is 322 g/mol. The Morgan fingerprint density at radius 3 is 2.81 bits per heavy atom. The molecule has 144 valence electrons. The van der Waals surface area contributed by atoms with E-state index in [9.17, 15) is 0 Å². The van der Waals surface area contributed by atoms with Gasteiger partial charge in [-0.05, 0) is 49.8 Å². The van der Waals surface area contributed by atoms with Gasteiger partial charge in [-0.2, -0.15) is 0 Å². The quantitative estimate of drug-likeness (QED) is 0.642. The zero-order valence-electron chi connectivity index (χ0n) is 17.0. The molecule has 1 fully saturated rings. The molecule has 0 amide bonds. The Labute approximate surface area is 158 Å². The van der Waals surface area contributed by atoms with E-state index in [2.05, 4.69) is 71.4 Å². The molecule has 3 rings (SSSR count). The van der Waals surface area contributed by atoms with E-state index < -0.39 is 0 Å². The van der Waals surface area contributed by atoms with Gasteiger partial charge in [-0.3, -0.25) is 9.89 Å². The summed E-state index contributed by atoms with van der Waals surface area (Å²) in [6.07, 6.45) is 2.43. The van der Waals surface area contributed by atoms with Crippen LogP contribution in [0.2, 0.25) is 0 Å². The highest BCUT2D eigenvalue weighted by Crippen LogP contribution is 2.26. The summed E-state index contributed by atoms with van der Waals surface area (Å²) in [6, 6.07) is 7.92. The topological polar surface area (TPSA) is 42.9 Å². The van der Waals surface area contributed by atoms with Crippen LogP contribution >= 0.6 is 0 Å². The number of likely N-dealkylation sites (tertiary alicyclic amines) is 1. The lowest BCUT2D eigenvalue weighted by Crippen LogP contribution is -2.46. The number of aryl methyl sites for hydroxylation is 1. The molecule has 0 radical (unpaired) electrons. The molecule has 2 aliphatic rings. The molecule has 0 aromatic heterocycles.